The zero-order valence-corrected chi connectivity index (χ0v) is 20.7. The molecule has 3 saturated heterocycles. The number of aliphatic hydroxyl groups is 1. The summed E-state index contributed by atoms with van der Waals surface area (Å²) >= 11 is 0. The van der Waals surface area contributed by atoms with E-state index in [4.69, 9.17) is 9.47 Å². The summed E-state index contributed by atoms with van der Waals surface area (Å²) in [4.78, 5) is 44.2. The van der Waals surface area contributed by atoms with E-state index in [1.54, 1.807) is 22.0 Å². The maximum atomic E-state index is 14.0. The van der Waals surface area contributed by atoms with Crippen LogP contribution in [0.15, 0.2) is 25.3 Å². The van der Waals surface area contributed by atoms with Crippen molar-refractivity contribution in [3.8, 4) is 0 Å². The van der Waals surface area contributed by atoms with Gasteiger partial charge < -0.3 is 24.4 Å². The van der Waals surface area contributed by atoms with Gasteiger partial charge >= 0.3 is 5.97 Å². The summed E-state index contributed by atoms with van der Waals surface area (Å²) in [5, 5.41) is 9.45. The number of aliphatic hydroxyl groups excluding tert-OH is 1. The standard InChI is InChI=1S/C26H40N2O6/c1-5-8-10-15-27(14-7-3)23(31)21-26-13-12-25(4,34-26)20(24(32)33-18-9-6-2)19(26)22(30)28(21)16-11-17-29/h6-7,19-21,29H,2-3,5,8-18H2,1,4H3/t19-,20+,21?,25-,26?/m0/s1. The molecule has 8 heteroatoms. The molecule has 2 amide bonds. The van der Waals surface area contributed by atoms with Crippen molar-refractivity contribution in [1.29, 1.82) is 0 Å². The summed E-state index contributed by atoms with van der Waals surface area (Å²) in [5.41, 5.74) is -1.91. The first kappa shape index (κ1) is 26.4. The molecule has 3 aliphatic rings. The normalized spacial score (nSPS) is 31.4. The molecule has 2 bridgehead atoms. The second-order valence-corrected chi connectivity index (χ2v) is 9.86. The molecule has 3 fully saturated rings. The topological polar surface area (TPSA) is 96.4 Å². The van der Waals surface area contributed by atoms with Crippen LogP contribution in [0.1, 0.15) is 58.8 Å². The SMILES string of the molecule is C=CCCOC(=O)[C@H]1[C@H]2C(=O)N(CCCO)C(C(=O)N(CC=C)CCCCC)C23CC[C@]1(C)O3. The van der Waals surface area contributed by atoms with Crippen LogP contribution in [0.3, 0.4) is 0 Å². The van der Waals surface area contributed by atoms with Crippen LogP contribution in [-0.4, -0.2) is 82.8 Å². The van der Waals surface area contributed by atoms with Crippen molar-refractivity contribution in [1.82, 2.24) is 9.80 Å². The molecule has 2 unspecified atom stereocenters. The molecular weight excluding hydrogens is 436 g/mol. The van der Waals surface area contributed by atoms with Crippen LogP contribution in [0.2, 0.25) is 0 Å². The Morgan fingerprint density at radius 3 is 2.68 bits per heavy atom. The number of amides is 2. The monoisotopic (exact) mass is 476 g/mol. The first-order chi connectivity index (χ1) is 16.3. The van der Waals surface area contributed by atoms with Crippen molar-refractivity contribution < 1.29 is 29.0 Å². The van der Waals surface area contributed by atoms with E-state index in [-0.39, 0.29) is 31.6 Å². The smallest absolute Gasteiger partial charge is 0.312 e. The molecule has 1 spiro atoms. The average molecular weight is 477 g/mol. The first-order valence-electron chi connectivity index (χ1n) is 12.6. The zero-order valence-electron chi connectivity index (χ0n) is 20.7. The van der Waals surface area contributed by atoms with Crippen LogP contribution in [-0.2, 0) is 23.9 Å². The Hall–Kier alpha value is -2.19. The number of esters is 1. The minimum atomic E-state index is -1.06. The Kier molecular flexibility index (Phi) is 8.57. The minimum Gasteiger partial charge on any atom is -0.465 e. The molecule has 5 atom stereocenters. The Labute approximate surface area is 202 Å². The molecule has 0 saturated carbocycles. The molecule has 3 heterocycles. The van der Waals surface area contributed by atoms with Crippen LogP contribution < -0.4 is 0 Å². The van der Waals surface area contributed by atoms with Crippen molar-refractivity contribution in [3.05, 3.63) is 25.3 Å². The molecule has 0 aliphatic carbocycles. The van der Waals surface area contributed by atoms with Crippen molar-refractivity contribution >= 4 is 17.8 Å². The molecule has 8 nitrogen and oxygen atoms in total. The number of hydrogen-bond acceptors (Lipinski definition) is 6. The largest absolute Gasteiger partial charge is 0.465 e. The highest BCUT2D eigenvalue weighted by atomic mass is 16.6. The number of unbranched alkanes of at least 4 members (excludes halogenated alkanes) is 2. The van der Waals surface area contributed by atoms with Gasteiger partial charge in [0.1, 0.15) is 17.6 Å². The van der Waals surface area contributed by atoms with Crippen molar-refractivity contribution in [2.75, 3.05) is 32.8 Å². The van der Waals surface area contributed by atoms with E-state index in [1.807, 2.05) is 6.92 Å². The van der Waals surface area contributed by atoms with Gasteiger partial charge in [0.2, 0.25) is 11.8 Å². The highest BCUT2D eigenvalue weighted by Crippen LogP contribution is 2.63. The van der Waals surface area contributed by atoms with Gasteiger partial charge in [0, 0.05) is 26.2 Å². The Balaban J connectivity index is 1.96. The number of nitrogens with zero attached hydrogens (tertiary/aromatic N) is 2. The van der Waals surface area contributed by atoms with Crippen LogP contribution >= 0.6 is 0 Å². The second kappa shape index (κ2) is 11.0. The van der Waals surface area contributed by atoms with Crippen LogP contribution in [0, 0.1) is 11.8 Å². The summed E-state index contributed by atoms with van der Waals surface area (Å²) in [6.45, 7) is 12.7. The third-order valence-corrected chi connectivity index (χ3v) is 7.58. The van der Waals surface area contributed by atoms with Gasteiger partial charge in [0.05, 0.1) is 18.1 Å². The third kappa shape index (κ3) is 4.54. The fourth-order valence-corrected chi connectivity index (χ4v) is 6.05. The molecule has 3 aliphatic heterocycles. The molecule has 0 aromatic carbocycles. The highest BCUT2D eigenvalue weighted by molar-refractivity contribution is 5.98. The lowest BCUT2D eigenvalue weighted by molar-refractivity contribution is -0.160. The molecule has 0 aromatic heterocycles. The van der Waals surface area contributed by atoms with E-state index < -0.39 is 35.0 Å². The fourth-order valence-electron chi connectivity index (χ4n) is 6.05. The third-order valence-electron chi connectivity index (χ3n) is 7.58. The van der Waals surface area contributed by atoms with Crippen LogP contribution in [0.5, 0.6) is 0 Å². The fraction of sp³-hybridized carbons (Fsp3) is 0.731. The van der Waals surface area contributed by atoms with Gasteiger partial charge in [-0.05, 0) is 39.0 Å². The lowest BCUT2D eigenvalue weighted by atomic mass is 9.66. The number of fused-ring (bicyclic) bond motifs is 1. The Morgan fingerprint density at radius 2 is 2.03 bits per heavy atom. The average Bonchev–Trinajstić information content (AvgIpc) is 3.37. The Bertz CT molecular complexity index is 800. The van der Waals surface area contributed by atoms with Gasteiger partial charge in [-0.1, -0.05) is 31.9 Å². The number of hydrogen-bond donors (Lipinski definition) is 1. The zero-order chi connectivity index (χ0) is 24.9. The lowest BCUT2D eigenvalue weighted by Crippen LogP contribution is -2.56. The maximum Gasteiger partial charge on any atom is 0.312 e. The predicted molar refractivity (Wildman–Crippen MR) is 128 cm³/mol. The molecular formula is C26H40N2O6. The highest BCUT2D eigenvalue weighted by Gasteiger charge is 2.78. The van der Waals surface area contributed by atoms with Crippen molar-refractivity contribution in [3.63, 3.8) is 0 Å². The number of likely N-dealkylation sites (tertiary alicyclic amines) is 1. The molecule has 0 aromatic rings. The maximum absolute atomic E-state index is 14.0. The van der Waals surface area contributed by atoms with Gasteiger partial charge in [0.25, 0.3) is 0 Å². The van der Waals surface area contributed by atoms with E-state index in [1.165, 1.54) is 0 Å². The number of carbonyl (C=O) groups is 3. The minimum absolute atomic E-state index is 0.0964. The Morgan fingerprint density at radius 1 is 1.26 bits per heavy atom. The number of ether oxygens (including phenoxy) is 2. The van der Waals surface area contributed by atoms with E-state index in [0.29, 0.717) is 38.8 Å². The van der Waals surface area contributed by atoms with Gasteiger partial charge in [0.15, 0.2) is 0 Å². The van der Waals surface area contributed by atoms with Gasteiger partial charge in [-0.2, -0.15) is 0 Å². The quantitative estimate of drug-likeness (QED) is 0.235. The summed E-state index contributed by atoms with van der Waals surface area (Å²) < 4.78 is 12.1. The number of carbonyl (C=O) groups excluding carboxylic acids is 3. The van der Waals surface area contributed by atoms with Crippen LogP contribution in [0.4, 0.5) is 0 Å². The summed E-state index contributed by atoms with van der Waals surface area (Å²) in [6, 6.07) is -0.828. The van der Waals surface area contributed by atoms with Crippen molar-refractivity contribution in [2.24, 2.45) is 11.8 Å². The molecule has 34 heavy (non-hydrogen) atoms. The molecule has 1 N–H and O–H groups in total. The second-order valence-electron chi connectivity index (χ2n) is 9.86. The van der Waals surface area contributed by atoms with Gasteiger partial charge in [-0.15, -0.1) is 13.2 Å². The molecule has 190 valence electrons. The van der Waals surface area contributed by atoms with Gasteiger partial charge in [-0.3, -0.25) is 14.4 Å². The van der Waals surface area contributed by atoms with E-state index in [2.05, 4.69) is 20.1 Å². The summed E-state index contributed by atoms with van der Waals surface area (Å²) in [5.74, 6) is -2.41. The van der Waals surface area contributed by atoms with E-state index in [0.717, 1.165) is 19.3 Å². The summed E-state index contributed by atoms with van der Waals surface area (Å²) in [7, 11) is 0. The van der Waals surface area contributed by atoms with Crippen LogP contribution in [0.25, 0.3) is 0 Å². The van der Waals surface area contributed by atoms with E-state index in [9.17, 15) is 19.5 Å². The van der Waals surface area contributed by atoms with E-state index >= 15 is 0 Å². The van der Waals surface area contributed by atoms with Crippen molar-refractivity contribution in [2.45, 2.75) is 76.0 Å². The summed E-state index contributed by atoms with van der Waals surface area (Å²) in [6.07, 6.45) is 8.24. The molecule has 0 radical (unpaired) electrons. The van der Waals surface area contributed by atoms with Gasteiger partial charge in [-0.25, -0.2) is 0 Å². The first-order valence-corrected chi connectivity index (χ1v) is 12.6. The predicted octanol–water partition coefficient (Wildman–Crippen LogP) is 2.46. The molecule has 3 rings (SSSR count). The number of rotatable bonds is 14. The lowest BCUT2D eigenvalue weighted by Gasteiger charge is -2.36.